The highest BCUT2D eigenvalue weighted by atomic mass is 19.3. The molecule has 0 spiro atoms. The van der Waals surface area contributed by atoms with E-state index in [1.54, 1.807) is 0 Å². The van der Waals surface area contributed by atoms with E-state index in [9.17, 15) is 18.0 Å². The number of benzene rings is 1. The smallest absolute Gasteiger partial charge is 0.297 e. The Morgan fingerprint density at radius 3 is 2.46 bits per heavy atom. The summed E-state index contributed by atoms with van der Waals surface area (Å²) in [6, 6.07) is 5.15. The molecule has 0 unspecified atom stereocenters. The van der Waals surface area contributed by atoms with Crippen LogP contribution >= 0.6 is 0 Å². The molecule has 1 rings (SSSR count). The maximum Gasteiger partial charge on any atom is 0.306 e. The maximum atomic E-state index is 12.8. The Labute approximate surface area is 73.2 Å². The SMILES string of the molecule is O=CC(F)(F)Cc1ccccc1F. The molecule has 1 aromatic carbocycles. The fourth-order valence-electron chi connectivity index (χ4n) is 0.937. The van der Waals surface area contributed by atoms with Gasteiger partial charge in [-0.15, -0.1) is 0 Å². The lowest BCUT2D eigenvalue weighted by molar-refractivity contribution is -0.128. The van der Waals surface area contributed by atoms with Gasteiger partial charge in [-0.1, -0.05) is 18.2 Å². The molecule has 0 atom stereocenters. The van der Waals surface area contributed by atoms with Crippen molar-refractivity contribution < 1.29 is 18.0 Å². The number of halogens is 3. The normalized spacial score (nSPS) is 11.3. The molecule has 70 valence electrons. The van der Waals surface area contributed by atoms with Gasteiger partial charge in [-0.3, -0.25) is 4.79 Å². The van der Waals surface area contributed by atoms with Crippen molar-refractivity contribution in [2.45, 2.75) is 12.3 Å². The first kappa shape index (κ1) is 9.77. The van der Waals surface area contributed by atoms with E-state index in [4.69, 9.17) is 0 Å². The van der Waals surface area contributed by atoms with Crippen molar-refractivity contribution in [1.29, 1.82) is 0 Å². The average molecular weight is 188 g/mol. The second kappa shape index (κ2) is 3.60. The average Bonchev–Trinajstić information content (AvgIpc) is 2.09. The minimum Gasteiger partial charge on any atom is -0.297 e. The first-order valence-corrected chi connectivity index (χ1v) is 3.63. The number of carbonyl (C=O) groups is 1. The van der Waals surface area contributed by atoms with Gasteiger partial charge < -0.3 is 0 Å². The Bertz CT molecular complexity index is 309. The van der Waals surface area contributed by atoms with Crippen LogP contribution in [0.3, 0.4) is 0 Å². The fraction of sp³-hybridized carbons (Fsp3) is 0.222. The molecule has 0 N–H and O–H groups in total. The summed E-state index contributed by atoms with van der Waals surface area (Å²) in [6.45, 7) is 0. The number of hydrogen-bond acceptors (Lipinski definition) is 1. The molecule has 1 nitrogen and oxygen atoms in total. The van der Waals surface area contributed by atoms with Crippen molar-refractivity contribution in [3.05, 3.63) is 35.6 Å². The van der Waals surface area contributed by atoms with Crippen LogP contribution in [0.25, 0.3) is 0 Å². The van der Waals surface area contributed by atoms with Crippen molar-refractivity contribution in [2.24, 2.45) is 0 Å². The summed E-state index contributed by atoms with van der Waals surface area (Å²) in [5.74, 6) is -4.20. The van der Waals surface area contributed by atoms with Gasteiger partial charge in [0, 0.05) is 6.42 Å². The quantitative estimate of drug-likeness (QED) is 0.664. The van der Waals surface area contributed by atoms with Crippen molar-refractivity contribution in [3.63, 3.8) is 0 Å². The topological polar surface area (TPSA) is 17.1 Å². The zero-order chi connectivity index (χ0) is 9.90. The van der Waals surface area contributed by atoms with Gasteiger partial charge in [-0.25, -0.2) is 4.39 Å². The molecular formula is C9H7F3O. The van der Waals surface area contributed by atoms with Crippen LogP contribution in [0.4, 0.5) is 13.2 Å². The standard InChI is InChI=1S/C9H7F3O/c10-8-4-2-1-3-7(8)5-9(11,12)6-13/h1-4,6H,5H2. The summed E-state index contributed by atoms with van der Waals surface area (Å²) in [7, 11) is 0. The maximum absolute atomic E-state index is 12.8. The van der Waals surface area contributed by atoms with Crippen molar-refractivity contribution >= 4 is 6.29 Å². The Hall–Kier alpha value is -1.32. The highest BCUT2D eigenvalue weighted by molar-refractivity contribution is 5.60. The van der Waals surface area contributed by atoms with Crippen molar-refractivity contribution in [1.82, 2.24) is 0 Å². The second-order valence-corrected chi connectivity index (χ2v) is 2.65. The van der Waals surface area contributed by atoms with E-state index >= 15 is 0 Å². The van der Waals surface area contributed by atoms with Crippen molar-refractivity contribution in [3.8, 4) is 0 Å². The second-order valence-electron chi connectivity index (χ2n) is 2.65. The van der Waals surface area contributed by atoms with Gasteiger partial charge in [-0.2, -0.15) is 8.78 Å². The van der Waals surface area contributed by atoms with E-state index in [-0.39, 0.29) is 5.56 Å². The molecule has 0 aromatic heterocycles. The Balaban J connectivity index is 2.86. The van der Waals surface area contributed by atoms with Crippen molar-refractivity contribution in [2.75, 3.05) is 0 Å². The van der Waals surface area contributed by atoms with Crippen LogP contribution in [-0.2, 0) is 11.2 Å². The van der Waals surface area contributed by atoms with Crippen LogP contribution < -0.4 is 0 Å². The van der Waals surface area contributed by atoms with Gasteiger partial charge in [0.05, 0.1) is 0 Å². The molecule has 13 heavy (non-hydrogen) atoms. The summed E-state index contributed by atoms with van der Waals surface area (Å²) < 4.78 is 37.8. The van der Waals surface area contributed by atoms with E-state index in [0.717, 1.165) is 6.07 Å². The Morgan fingerprint density at radius 2 is 1.92 bits per heavy atom. The number of alkyl halides is 2. The third-order valence-corrected chi connectivity index (χ3v) is 1.56. The first-order valence-electron chi connectivity index (χ1n) is 3.63. The molecule has 0 fully saturated rings. The molecule has 0 aliphatic rings. The minimum atomic E-state index is -3.48. The van der Waals surface area contributed by atoms with Crippen LogP contribution in [-0.4, -0.2) is 12.2 Å². The zero-order valence-electron chi connectivity index (χ0n) is 6.64. The van der Waals surface area contributed by atoms with E-state index in [2.05, 4.69) is 0 Å². The zero-order valence-corrected chi connectivity index (χ0v) is 6.64. The van der Waals surface area contributed by atoms with E-state index in [0.29, 0.717) is 0 Å². The number of aldehydes is 1. The lowest BCUT2D eigenvalue weighted by atomic mass is 10.1. The lowest BCUT2D eigenvalue weighted by Gasteiger charge is -2.08. The molecule has 0 saturated heterocycles. The van der Waals surface area contributed by atoms with Gasteiger partial charge in [-0.05, 0) is 11.6 Å². The summed E-state index contributed by atoms with van der Waals surface area (Å²) in [4.78, 5) is 9.87. The minimum absolute atomic E-state index is 0.153. The van der Waals surface area contributed by atoms with Gasteiger partial charge in [0.25, 0.3) is 0 Å². The highest BCUT2D eigenvalue weighted by Gasteiger charge is 2.29. The molecule has 4 heteroatoms. The number of hydrogen-bond donors (Lipinski definition) is 0. The molecule has 0 aliphatic heterocycles. The highest BCUT2D eigenvalue weighted by Crippen LogP contribution is 2.19. The predicted octanol–water partition coefficient (Wildman–Crippen LogP) is 2.20. The molecule has 0 amide bonds. The fourth-order valence-corrected chi connectivity index (χ4v) is 0.937. The van der Waals surface area contributed by atoms with E-state index < -0.39 is 24.4 Å². The van der Waals surface area contributed by atoms with Gasteiger partial charge >= 0.3 is 5.92 Å². The van der Waals surface area contributed by atoms with E-state index in [1.165, 1.54) is 18.2 Å². The van der Waals surface area contributed by atoms with Crippen LogP contribution in [0.2, 0.25) is 0 Å². The molecular weight excluding hydrogens is 181 g/mol. The van der Waals surface area contributed by atoms with Crippen LogP contribution in [0, 0.1) is 5.82 Å². The van der Waals surface area contributed by atoms with Crippen LogP contribution in [0.15, 0.2) is 24.3 Å². The Kier molecular flexibility index (Phi) is 2.70. The first-order chi connectivity index (χ1) is 6.05. The van der Waals surface area contributed by atoms with Gasteiger partial charge in [0.1, 0.15) is 5.82 Å². The molecule has 0 radical (unpaired) electrons. The third kappa shape index (κ3) is 2.57. The molecule has 1 aromatic rings. The largest absolute Gasteiger partial charge is 0.306 e. The molecule has 0 heterocycles. The lowest BCUT2D eigenvalue weighted by Crippen LogP contribution is -2.21. The molecule has 0 saturated carbocycles. The summed E-state index contributed by atoms with van der Waals surface area (Å²) >= 11 is 0. The van der Waals surface area contributed by atoms with Gasteiger partial charge in [0.15, 0.2) is 6.29 Å². The summed E-state index contributed by atoms with van der Waals surface area (Å²) in [5.41, 5.74) is -0.153. The number of rotatable bonds is 3. The molecule has 0 bridgehead atoms. The van der Waals surface area contributed by atoms with Gasteiger partial charge in [0.2, 0.25) is 0 Å². The summed E-state index contributed by atoms with van der Waals surface area (Å²) in [6.07, 6.45) is -1.36. The number of carbonyl (C=O) groups excluding carboxylic acids is 1. The molecule has 0 aliphatic carbocycles. The van der Waals surface area contributed by atoms with Crippen LogP contribution in [0.1, 0.15) is 5.56 Å². The van der Waals surface area contributed by atoms with Crippen LogP contribution in [0.5, 0.6) is 0 Å². The Morgan fingerprint density at radius 1 is 1.31 bits per heavy atom. The third-order valence-electron chi connectivity index (χ3n) is 1.56. The predicted molar refractivity (Wildman–Crippen MR) is 41.1 cm³/mol. The monoisotopic (exact) mass is 188 g/mol. The van der Waals surface area contributed by atoms with E-state index in [1.807, 2.05) is 0 Å². The summed E-state index contributed by atoms with van der Waals surface area (Å²) in [5, 5.41) is 0.